The van der Waals surface area contributed by atoms with Crippen molar-refractivity contribution in [2.24, 2.45) is 16.3 Å². The Balaban J connectivity index is 1.35. The number of thiophene rings is 1. The fourth-order valence-electron chi connectivity index (χ4n) is 6.21. The lowest BCUT2D eigenvalue weighted by atomic mass is 9.72. The number of para-hydroxylation sites is 1. The predicted octanol–water partition coefficient (Wildman–Crippen LogP) is 8.13. The maximum atomic E-state index is 13.7. The summed E-state index contributed by atoms with van der Waals surface area (Å²) in [5, 5.41) is 5.46. The third kappa shape index (κ3) is 5.90. The first-order valence-electron chi connectivity index (χ1n) is 14.8. The van der Waals surface area contributed by atoms with Gasteiger partial charge in [0.15, 0.2) is 0 Å². The molecule has 1 fully saturated rings. The lowest BCUT2D eigenvalue weighted by Gasteiger charge is -2.33. The molecule has 8 heteroatoms. The monoisotopic (exact) mass is 600 g/mol. The van der Waals surface area contributed by atoms with E-state index in [4.69, 9.17) is 16.6 Å². The third-order valence-electron chi connectivity index (χ3n) is 8.71. The Hall–Kier alpha value is -3.42. The minimum Gasteiger partial charge on any atom is -0.341 e. The fraction of sp³-hybridized carbons (Fsp3) is 0.382. The number of rotatable bonds is 6. The summed E-state index contributed by atoms with van der Waals surface area (Å²) >= 11 is 7.70. The molecule has 0 unspecified atom stereocenters. The van der Waals surface area contributed by atoms with Crippen LogP contribution in [0.4, 0.5) is 10.7 Å². The van der Waals surface area contributed by atoms with Crippen molar-refractivity contribution in [2.75, 3.05) is 18.4 Å². The number of nitrogens with zero attached hydrogens (tertiary/aromatic N) is 3. The Kier molecular flexibility index (Phi) is 7.99. The second kappa shape index (κ2) is 11.7. The van der Waals surface area contributed by atoms with Crippen LogP contribution >= 0.6 is 22.9 Å². The van der Waals surface area contributed by atoms with Crippen molar-refractivity contribution in [3.63, 3.8) is 0 Å². The Morgan fingerprint density at radius 3 is 2.57 bits per heavy atom. The SMILES string of the molecule is CC(C)(C)[C@H]1CCc2c(sc(N=Cc3cn(CC(=O)N4CCCC4)c4ccccc34)c2C(=O)Nc2ccc(Cl)cc2)C1. The van der Waals surface area contributed by atoms with Crippen molar-refractivity contribution < 1.29 is 9.59 Å². The van der Waals surface area contributed by atoms with E-state index in [9.17, 15) is 9.59 Å². The summed E-state index contributed by atoms with van der Waals surface area (Å²) < 4.78 is 2.03. The van der Waals surface area contributed by atoms with Crippen molar-refractivity contribution in [3.05, 3.63) is 81.3 Å². The van der Waals surface area contributed by atoms with Crippen molar-refractivity contribution in [3.8, 4) is 0 Å². The van der Waals surface area contributed by atoms with Gasteiger partial charge in [0.05, 0.1) is 5.56 Å². The maximum Gasteiger partial charge on any atom is 0.259 e. The van der Waals surface area contributed by atoms with E-state index in [1.54, 1.807) is 23.5 Å². The van der Waals surface area contributed by atoms with Gasteiger partial charge in [0, 0.05) is 57.6 Å². The number of carbonyl (C=O) groups is 2. The first-order chi connectivity index (χ1) is 20.2. The first kappa shape index (κ1) is 28.7. The van der Waals surface area contributed by atoms with Gasteiger partial charge in [-0.15, -0.1) is 11.3 Å². The number of likely N-dealkylation sites (tertiary alicyclic amines) is 1. The minimum atomic E-state index is -0.144. The third-order valence-corrected chi connectivity index (χ3v) is 10.1. The van der Waals surface area contributed by atoms with Crippen LogP contribution in [0.5, 0.6) is 0 Å². The molecule has 6 rings (SSSR count). The number of aliphatic imine (C=N–C) groups is 1. The highest BCUT2D eigenvalue weighted by atomic mass is 35.5. The molecule has 218 valence electrons. The van der Waals surface area contributed by atoms with Crippen LogP contribution in [0.2, 0.25) is 5.02 Å². The van der Waals surface area contributed by atoms with Gasteiger partial charge in [-0.1, -0.05) is 50.6 Å². The number of hydrogen-bond acceptors (Lipinski definition) is 4. The van der Waals surface area contributed by atoms with E-state index in [-0.39, 0.29) is 17.2 Å². The average molecular weight is 601 g/mol. The minimum absolute atomic E-state index is 0.144. The van der Waals surface area contributed by atoms with Crippen LogP contribution in [-0.4, -0.2) is 40.6 Å². The van der Waals surface area contributed by atoms with Gasteiger partial charge in [-0.25, -0.2) is 4.99 Å². The summed E-state index contributed by atoms with van der Waals surface area (Å²) in [4.78, 5) is 34.9. The van der Waals surface area contributed by atoms with Crippen molar-refractivity contribution >= 4 is 62.6 Å². The Morgan fingerprint density at radius 1 is 1.10 bits per heavy atom. The second-order valence-corrected chi connectivity index (χ2v) is 14.0. The molecule has 1 aliphatic heterocycles. The fourth-order valence-corrected chi connectivity index (χ4v) is 7.61. The molecule has 1 N–H and O–H groups in total. The maximum absolute atomic E-state index is 13.7. The zero-order valence-corrected chi connectivity index (χ0v) is 26.0. The zero-order valence-electron chi connectivity index (χ0n) is 24.5. The molecule has 1 saturated heterocycles. The van der Waals surface area contributed by atoms with Crippen LogP contribution < -0.4 is 5.32 Å². The quantitative estimate of drug-likeness (QED) is 0.227. The van der Waals surface area contributed by atoms with E-state index in [1.165, 1.54) is 4.88 Å². The number of aromatic nitrogens is 1. The zero-order chi connectivity index (χ0) is 29.4. The molecule has 4 aromatic rings. The normalized spacial score (nSPS) is 17.2. The van der Waals surface area contributed by atoms with E-state index in [2.05, 4.69) is 32.2 Å². The average Bonchev–Trinajstić information content (AvgIpc) is 3.70. The molecule has 3 heterocycles. The van der Waals surface area contributed by atoms with Crippen molar-refractivity contribution in [1.82, 2.24) is 9.47 Å². The van der Waals surface area contributed by atoms with Gasteiger partial charge >= 0.3 is 0 Å². The topological polar surface area (TPSA) is 66.7 Å². The molecule has 2 aliphatic rings. The first-order valence-corrected chi connectivity index (χ1v) is 16.0. The van der Waals surface area contributed by atoms with Crippen LogP contribution in [0.15, 0.2) is 59.7 Å². The van der Waals surface area contributed by atoms with Gasteiger partial charge in [-0.3, -0.25) is 9.59 Å². The molecule has 42 heavy (non-hydrogen) atoms. The van der Waals surface area contributed by atoms with E-state index >= 15 is 0 Å². The molecule has 1 aliphatic carbocycles. The highest BCUT2D eigenvalue weighted by Crippen LogP contribution is 2.45. The highest BCUT2D eigenvalue weighted by molar-refractivity contribution is 7.16. The van der Waals surface area contributed by atoms with Crippen molar-refractivity contribution in [2.45, 2.75) is 59.4 Å². The number of hydrogen-bond donors (Lipinski definition) is 1. The highest BCUT2D eigenvalue weighted by Gasteiger charge is 2.33. The van der Waals surface area contributed by atoms with Gasteiger partial charge in [0.1, 0.15) is 11.5 Å². The van der Waals surface area contributed by atoms with Crippen LogP contribution in [0.1, 0.15) is 66.4 Å². The molecule has 2 amide bonds. The van der Waals surface area contributed by atoms with Gasteiger partial charge in [0.2, 0.25) is 5.91 Å². The van der Waals surface area contributed by atoms with E-state index < -0.39 is 0 Å². The molecule has 2 aromatic carbocycles. The summed E-state index contributed by atoms with van der Waals surface area (Å²) in [5.41, 5.74) is 4.63. The number of carbonyl (C=O) groups excluding carboxylic acids is 2. The van der Waals surface area contributed by atoms with Crippen LogP contribution in [0.3, 0.4) is 0 Å². The molecule has 0 radical (unpaired) electrons. The lowest BCUT2D eigenvalue weighted by molar-refractivity contribution is -0.130. The molecular formula is C34H37ClN4O2S. The summed E-state index contributed by atoms with van der Waals surface area (Å²) in [5.74, 6) is 0.561. The Labute approximate surface area is 256 Å². The number of benzene rings is 2. The summed E-state index contributed by atoms with van der Waals surface area (Å²) in [6, 6.07) is 15.3. The summed E-state index contributed by atoms with van der Waals surface area (Å²) in [6.45, 7) is 8.89. The van der Waals surface area contributed by atoms with E-state index in [0.717, 1.165) is 72.2 Å². The standard InChI is InChI=1S/C34H37ClN4O2S/c1-34(2,3)23-10-15-27-29(18-23)42-33(31(27)32(41)37-25-13-11-24(35)12-14-25)36-19-22-20-39(28-9-5-4-8-26(22)28)21-30(40)38-16-6-7-17-38/h4-5,8-9,11-14,19-20,23H,6-7,10,15-18,21H2,1-3H3,(H,37,41)/t23-/m0/s1. The number of nitrogens with one attached hydrogen (secondary N) is 1. The lowest BCUT2D eigenvalue weighted by Crippen LogP contribution is -2.30. The van der Waals surface area contributed by atoms with Gasteiger partial charge in [-0.05, 0) is 79.3 Å². The van der Waals surface area contributed by atoms with Crippen LogP contribution in [0.25, 0.3) is 10.9 Å². The molecule has 6 nitrogen and oxygen atoms in total. The molecular weight excluding hydrogens is 564 g/mol. The number of halogens is 1. The number of amides is 2. The van der Waals surface area contributed by atoms with Gasteiger partial charge in [-0.2, -0.15) is 0 Å². The Morgan fingerprint density at radius 2 is 1.83 bits per heavy atom. The van der Waals surface area contributed by atoms with E-state index in [1.807, 2.05) is 52.2 Å². The smallest absolute Gasteiger partial charge is 0.259 e. The predicted molar refractivity (Wildman–Crippen MR) is 174 cm³/mol. The number of anilines is 1. The van der Waals surface area contributed by atoms with Crippen LogP contribution in [0, 0.1) is 11.3 Å². The molecule has 0 bridgehead atoms. The molecule has 0 spiro atoms. The Bertz CT molecular complexity index is 1660. The molecule has 1 atom stereocenters. The molecule has 2 aromatic heterocycles. The van der Waals surface area contributed by atoms with Gasteiger partial charge in [0.25, 0.3) is 5.91 Å². The largest absolute Gasteiger partial charge is 0.341 e. The second-order valence-electron chi connectivity index (χ2n) is 12.5. The van der Waals surface area contributed by atoms with E-state index in [0.29, 0.717) is 28.7 Å². The van der Waals surface area contributed by atoms with Crippen molar-refractivity contribution in [1.29, 1.82) is 0 Å². The molecule has 0 saturated carbocycles. The van der Waals surface area contributed by atoms with Gasteiger partial charge < -0.3 is 14.8 Å². The summed E-state index contributed by atoms with van der Waals surface area (Å²) in [7, 11) is 0. The van der Waals surface area contributed by atoms with Crippen LogP contribution in [-0.2, 0) is 24.2 Å². The number of fused-ring (bicyclic) bond motifs is 2. The summed E-state index contributed by atoms with van der Waals surface area (Å²) in [6.07, 6.45) is 8.89.